The first-order chi connectivity index (χ1) is 6.40. The van der Waals surface area contributed by atoms with Gasteiger partial charge in [0, 0.05) is 20.1 Å². The second-order valence-electron chi connectivity index (χ2n) is 3.46. The van der Waals surface area contributed by atoms with E-state index in [1.165, 1.54) is 4.90 Å². The SMILES string of the molecule is CC(C)NC(=S)C(C#N)C(=O)N(C)C. The van der Waals surface area contributed by atoms with Crippen LogP contribution in [0.3, 0.4) is 0 Å². The fourth-order valence-electron chi connectivity index (χ4n) is 0.852. The van der Waals surface area contributed by atoms with E-state index in [1.54, 1.807) is 14.1 Å². The zero-order valence-electron chi connectivity index (χ0n) is 8.87. The topological polar surface area (TPSA) is 56.1 Å². The van der Waals surface area contributed by atoms with E-state index in [0.29, 0.717) is 4.99 Å². The number of amides is 1. The largest absolute Gasteiger partial charge is 0.376 e. The highest BCUT2D eigenvalue weighted by molar-refractivity contribution is 7.80. The Bertz CT molecular complexity index is 268. The third-order valence-electron chi connectivity index (χ3n) is 1.51. The van der Waals surface area contributed by atoms with Gasteiger partial charge in [-0.1, -0.05) is 12.2 Å². The maximum atomic E-state index is 11.5. The van der Waals surface area contributed by atoms with Gasteiger partial charge in [-0.05, 0) is 13.8 Å². The third kappa shape index (κ3) is 3.71. The van der Waals surface area contributed by atoms with Crippen LogP contribution in [-0.4, -0.2) is 35.9 Å². The summed E-state index contributed by atoms with van der Waals surface area (Å²) >= 11 is 4.97. The smallest absolute Gasteiger partial charge is 0.246 e. The molecule has 0 rings (SSSR count). The first kappa shape index (κ1) is 12.8. The van der Waals surface area contributed by atoms with Gasteiger partial charge in [0.1, 0.15) is 4.99 Å². The van der Waals surface area contributed by atoms with Gasteiger partial charge in [0.05, 0.1) is 6.07 Å². The Balaban J connectivity index is 4.51. The van der Waals surface area contributed by atoms with Crippen molar-refractivity contribution in [1.29, 1.82) is 5.26 Å². The summed E-state index contributed by atoms with van der Waals surface area (Å²) in [5, 5.41) is 11.7. The van der Waals surface area contributed by atoms with Crippen LogP contribution >= 0.6 is 12.2 Å². The maximum absolute atomic E-state index is 11.5. The van der Waals surface area contributed by atoms with Gasteiger partial charge in [-0.25, -0.2) is 0 Å². The number of nitrogens with zero attached hydrogens (tertiary/aromatic N) is 2. The van der Waals surface area contributed by atoms with Crippen LogP contribution in [0.2, 0.25) is 0 Å². The summed E-state index contributed by atoms with van der Waals surface area (Å²) < 4.78 is 0. The molecule has 0 saturated heterocycles. The van der Waals surface area contributed by atoms with Gasteiger partial charge in [0.25, 0.3) is 0 Å². The zero-order chi connectivity index (χ0) is 11.3. The molecule has 1 atom stereocenters. The van der Waals surface area contributed by atoms with E-state index in [9.17, 15) is 4.79 Å². The highest BCUT2D eigenvalue weighted by atomic mass is 32.1. The number of thiocarbonyl (C=S) groups is 1. The van der Waals surface area contributed by atoms with Crippen molar-refractivity contribution < 1.29 is 4.79 Å². The fourth-order valence-corrected chi connectivity index (χ4v) is 1.24. The molecule has 0 saturated carbocycles. The number of hydrogen-bond donors (Lipinski definition) is 1. The number of nitrogens with one attached hydrogen (secondary N) is 1. The van der Waals surface area contributed by atoms with Crippen molar-refractivity contribution in [2.24, 2.45) is 5.92 Å². The molecule has 0 aromatic rings. The Labute approximate surface area is 89.9 Å². The predicted molar refractivity (Wildman–Crippen MR) is 58.7 cm³/mol. The molecule has 1 amide bonds. The Morgan fingerprint density at radius 3 is 2.29 bits per heavy atom. The standard InChI is InChI=1S/C9H15N3OS/c1-6(2)11-8(14)7(5-10)9(13)12(3)4/h6-7H,1-4H3,(H,11,14). The van der Waals surface area contributed by atoms with Crippen LogP contribution in [0, 0.1) is 17.2 Å². The predicted octanol–water partition coefficient (Wildman–Crippen LogP) is 0.540. The summed E-state index contributed by atoms with van der Waals surface area (Å²) in [4.78, 5) is 13.1. The molecule has 78 valence electrons. The van der Waals surface area contributed by atoms with Crippen molar-refractivity contribution in [3.05, 3.63) is 0 Å². The van der Waals surface area contributed by atoms with Crippen molar-refractivity contribution in [1.82, 2.24) is 10.2 Å². The van der Waals surface area contributed by atoms with Crippen LogP contribution < -0.4 is 5.32 Å². The summed E-state index contributed by atoms with van der Waals surface area (Å²) in [6, 6.07) is 2.03. The van der Waals surface area contributed by atoms with Crippen molar-refractivity contribution in [2.75, 3.05) is 14.1 Å². The third-order valence-corrected chi connectivity index (χ3v) is 1.86. The molecule has 1 unspecified atom stereocenters. The molecule has 0 heterocycles. The minimum atomic E-state index is -0.873. The minimum absolute atomic E-state index is 0.133. The monoisotopic (exact) mass is 213 g/mol. The number of carbonyl (C=O) groups is 1. The van der Waals surface area contributed by atoms with E-state index in [2.05, 4.69) is 5.32 Å². The summed E-state index contributed by atoms with van der Waals surface area (Å²) in [6.07, 6.45) is 0. The first-order valence-corrected chi connectivity index (χ1v) is 4.72. The van der Waals surface area contributed by atoms with Crippen LogP contribution in [-0.2, 0) is 4.79 Å². The van der Waals surface area contributed by atoms with Crippen LogP contribution in [0.4, 0.5) is 0 Å². The molecule has 14 heavy (non-hydrogen) atoms. The Kier molecular flexibility index (Phi) is 5.10. The van der Waals surface area contributed by atoms with E-state index in [1.807, 2.05) is 19.9 Å². The van der Waals surface area contributed by atoms with E-state index in [-0.39, 0.29) is 11.9 Å². The summed E-state index contributed by atoms with van der Waals surface area (Å²) in [7, 11) is 3.20. The molecule has 4 nitrogen and oxygen atoms in total. The summed E-state index contributed by atoms with van der Waals surface area (Å²) in [6.45, 7) is 3.81. The lowest BCUT2D eigenvalue weighted by Gasteiger charge is -2.18. The van der Waals surface area contributed by atoms with Crippen molar-refractivity contribution in [3.8, 4) is 6.07 Å². The average molecular weight is 213 g/mol. The quantitative estimate of drug-likeness (QED) is 0.695. The molecule has 0 radical (unpaired) electrons. The van der Waals surface area contributed by atoms with Crippen LogP contribution in [0.15, 0.2) is 0 Å². The molecule has 0 aliphatic heterocycles. The number of rotatable bonds is 3. The van der Waals surface area contributed by atoms with Crippen molar-refractivity contribution in [2.45, 2.75) is 19.9 Å². The van der Waals surface area contributed by atoms with Gasteiger partial charge in [0.2, 0.25) is 5.91 Å². The van der Waals surface area contributed by atoms with Gasteiger partial charge in [0.15, 0.2) is 5.92 Å². The second-order valence-corrected chi connectivity index (χ2v) is 3.90. The molecule has 0 aromatic heterocycles. The second kappa shape index (κ2) is 5.55. The van der Waals surface area contributed by atoms with Gasteiger partial charge < -0.3 is 10.2 Å². The summed E-state index contributed by atoms with van der Waals surface area (Å²) in [5.74, 6) is -1.16. The highest BCUT2D eigenvalue weighted by Gasteiger charge is 2.24. The van der Waals surface area contributed by atoms with E-state index < -0.39 is 5.92 Å². The molecule has 0 aliphatic carbocycles. The Hall–Kier alpha value is -1.15. The molecular formula is C9H15N3OS. The molecule has 1 N–H and O–H groups in total. The van der Waals surface area contributed by atoms with Crippen LogP contribution in [0.25, 0.3) is 0 Å². The molecule has 0 spiro atoms. The number of hydrogen-bond acceptors (Lipinski definition) is 3. The minimum Gasteiger partial charge on any atom is -0.376 e. The fraction of sp³-hybridized carbons (Fsp3) is 0.667. The first-order valence-electron chi connectivity index (χ1n) is 4.31. The van der Waals surface area contributed by atoms with Gasteiger partial charge in [-0.2, -0.15) is 5.26 Å². The molecule has 0 aliphatic rings. The van der Waals surface area contributed by atoms with Crippen molar-refractivity contribution in [3.63, 3.8) is 0 Å². The van der Waals surface area contributed by atoms with E-state index in [4.69, 9.17) is 17.5 Å². The molecule has 5 heteroatoms. The van der Waals surface area contributed by atoms with Gasteiger partial charge in [-0.15, -0.1) is 0 Å². The Morgan fingerprint density at radius 2 is 2.00 bits per heavy atom. The molecular weight excluding hydrogens is 198 g/mol. The van der Waals surface area contributed by atoms with Crippen molar-refractivity contribution >= 4 is 23.1 Å². The number of nitriles is 1. The van der Waals surface area contributed by atoms with Gasteiger partial charge >= 0.3 is 0 Å². The number of carbonyl (C=O) groups excluding carboxylic acids is 1. The summed E-state index contributed by atoms with van der Waals surface area (Å²) in [5.41, 5.74) is 0. The highest BCUT2D eigenvalue weighted by Crippen LogP contribution is 2.02. The van der Waals surface area contributed by atoms with Crippen LogP contribution in [0.1, 0.15) is 13.8 Å². The van der Waals surface area contributed by atoms with Crippen LogP contribution in [0.5, 0.6) is 0 Å². The zero-order valence-corrected chi connectivity index (χ0v) is 9.68. The average Bonchev–Trinajstić information content (AvgIpc) is 2.03. The molecule has 0 fully saturated rings. The van der Waals surface area contributed by atoms with E-state index >= 15 is 0 Å². The lowest BCUT2D eigenvalue weighted by atomic mass is 10.1. The lowest BCUT2D eigenvalue weighted by molar-refractivity contribution is -0.129. The molecule has 0 bridgehead atoms. The molecule has 0 aromatic carbocycles. The van der Waals surface area contributed by atoms with E-state index in [0.717, 1.165) is 0 Å². The maximum Gasteiger partial charge on any atom is 0.246 e. The Morgan fingerprint density at radius 1 is 1.50 bits per heavy atom. The van der Waals surface area contributed by atoms with Gasteiger partial charge in [-0.3, -0.25) is 4.79 Å². The lowest BCUT2D eigenvalue weighted by Crippen LogP contribution is -2.41. The normalized spacial score (nSPS) is 11.7.